The van der Waals surface area contributed by atoms with Crippen LogP contribution in [0.1, 0.15) is 5.56 Å². The van der Waals surface area contributed by atoms with E-state index in [1.165, 1.54) is 5.56 Å². The van der Waals surface area contributed by atoms with Gasteiger partial charge in [0.05, 0.1) is 6.04 Å². The number of thioether (sulfide) groups is 1. The molecule has 2 rings (SSSR count). The normalized spacial score (nSPS) is 25.2. The molecule has 3 heteroatoms. The maximum Gasteiger partial charge on any atom is 0.237 e. The summed E-state index contributed by atoms with van der Waals surface area (Å²) in [6.45, 7) is 0. The minimum Gasteiger partial charge on any atom is -0.340 e. The zero-order valence-corrected chi connectivity index (χ0v) is 9.83. The Labute approximate surface area is 94.7 Å². The second-order valence-corrected chi connectivity index (χ2v) is 4.84. The van der Waals surface area contributed by atoms with Crippen molar-refractivity contribution in [3.05, 3.63) is 35.9 Å². The molecule has 1 aromatic rings. The third-order valence-electron chi connectivity index (χ3n) is 2.98. The molecular weight excluding hydrogens is 206 g/mol. The number of nitrogens with zero attached hydrogens (tertiary/aromatic N) is 1. The molecule has 1 fully saturated rings. The van der Waals surface area contributed by atoms with Gasteiger partial charge in [0, 0.05) is 7.05 Å². The molecule has 0 N–H and O–H groups in total. The van der Waals surface area contributed by atoms with Crippen LogP contribution in [0.2, 0.25) is 0 Å². The maximum absolute atomic E-state index is 11.5. The molecule has 0 aromatic heterocycles. The summed E-state index contributed by atoms with van der Waals surface area (Å²) >= 11 is 1.66. The largest absolute Gasteiger partial charge is 0.340 e. The van der Waals surface area contributed by atoms with E-state index in [1.807, 2.05) is 36.4 Å². The van der Waals surface area contributed by atoms with Crippen LogP contribution in [0.5, 0.6) is 0 Å². The van der Waals surface area contributed by atoms with Crippen LogP contribution in [0.3, 0.4) is 0 Å². The second-order valence-electron chi connectivity index (χ2n) is 3.86. The van der Waals surface area contributed by atoms with Gasteiger partial charge in [-0.05, 0) is 18.2 Å². The van der Waals surface area contributed by atoms with E-state index in [1.54, 1.807) is 11.8 Å². The standard InChI is InChI=1S/C12H15NOS/c1-13-10(11(15-2)12(13)14)8-9-6-4-3-5-7-9/h3-7,10-11H,8H2,1-2H3/t10-,11+/m1/s1. The molecule has 0 aliphatic carbocycles. The van der Waals surface area contributed by atoms with Crippen LogP contribution in [-0.4, -0.2) is 35.4 Å². The van der Waals surface area contributed by atoms with Crippen molar-refractivity contribution < 1.29 is 4.79 Å². The highest BCUT2D eigenvalue weighted by molar-refractivity contribution is 8.00. The van der Waals surface area contributed by atoms with Crippen LogP contribution >= 0.6 is 11.8 Å². The second kappa shape index (κ2) is 4.27. The number of benzene rings is 1. The molecule has 1 aliphatic rings. The van der Waals surface area contributed by atoms with Crippen molar-refractivity contribution in [2.24, 2.45) is 0 Å². The first-order valence-corrected chi connectivity index (χ1v) is 6.36. The molecule has 1 aliphatic heterocycles. The third kappa shape index (κ3) is 1.88. The first-order chi connectivity index (χ1) is 7.24. The summed E-state index contributed by atoms with van der Waals surface area (Å²) in [5.41, 5.74) is 1.31. The molecule has 0 bridgehead atoms. The van der Waals surface area contributed by atoms with Gasteiger partial charge >= 0.3 is 0 Å². The number of hydrogen-bond donors (Lipinski definition) is 0. The average molecular weight is 221 g/mol. The van der Waals surface area contributed by atoms with Gasteiger partial charge < -0.3 is 4.90 Å². The lowest BCUT2D eigenvalue weighted by atomic mass is 9.95. The number of likely N-dealkylation sites (tertiary alicyclic amines) is 1. The SMILES string of the molecule is CS[C@@H]1C(=O)N(C)[C@@H]1Cc1ccccc1. The van der Waals surface area contributed by atoms with E-state index >= 15 is 0 Å². The van der Waals surface area contributed by atoms with E-state index in [9.17, 15) is 4.79 Å². The lowest BCUT2D eigenvalue weighted by Gasteiger charge is -2.44. The number of likely N-dealkylation sites (N-methyl/N-ethyl adjacent to an activating group) is 1. The molecule has 1 saturated heterocycles. The molecule has 1 heterocycles. The summed E-state index contributed by atoms with van der Waals surface area (Å²) in [6, 6.07) is 10.7. The van der Waals surface area contributed by atoms with Gasteiger partial charge in [0.25, 0.3) is 0 Å². The predicted octanol–water partition coefficient (Wildman–Crippen LogP) is 1.80. The lowest BCUT2D eigenvalue weighted by molar-refractivity contribution is -0.142. The fourth-order valence-corrected chi connectivity index (χ4v) is 2.97. The molecule has 15 heavy (non-hydrogen) atoms. The summed E-state index contributed by atoms with van der Waals surface area (Å²) in [6.07, 6.45) is 2.97. The van der Waals surface area contributed by atoms with E-state index in [4.69, 9.17) is 0 Å². The van der Waals surface area contributed by atoms with Gasteiger partial charge in [-0.1, -0.05) is 30.3 Å². The summed E-state index contributed by atoms with van der Waals surface area (Å²) < 4.78 is 0. The van der Waals surface area contributed by atoms with Crippen molar-refractivity contribution in [3.63, 3.8) is 0 Å². The Bertz CT molecular complexity index is 352. The summed E-state index contributed by atoms with van der Waals surface area (Å²) in [7, 11) is 1.89. The third-order valence-corrected chi connectivity index (χ3v) is 4.00. The average Bonchev–Trinajstić information content (AvgIpc) is 2.29. The van der Waals surface area contributed by atoms with Gasteiger partial charge in [-0.15, -0.1) is 11.8 Å². The zero-order chi connectivity index (χ0) is 10.8. The van der Waals surface area contributed by atoms with Crippen molar-refractivity contribution in [3.8, 4) is 0 Å². The van der Waals surface area contributed by atoms with Gasteiger partial charge in [-0.3, -0.25) is 4.79 Å². The quantitative estimate of drug-likeness (QED) is 0.725. The van der Waals surface area contributed by atoms with Crippen molar-refractivity contribution >= 4 is 17.7 Å². The van der Waals surface area contributed by atoms with Crippen LogP contribution in [0, 0.1) is 0 Å². The first kappa shape index (κ1) is 10.6. The highest BCUT2D eigenvalue weighted by Gasteiger charge is 2.43. The predicted molar refractivity (Wildman–Crippen MR) is 64.0 cm³/mol. The molecule has 2 nitrogen and oxygen atoms in total. The van der Waals surface area contributed by atoms with Crippen LogP contribution < -0.4 is 0 Å². The topological polar surface area (TPSA) is 20.3 Å². The molecular formula is C12H15NOS. The molecule has 80 valence electrons. The van der Waals surface area contributed by atoms with Gasteiger partial charge in [0.15, 0.2) is 0 Å². The minimum absolute atomic E-state index is 0.162. The highest BCUT2D eigenvalue weighted by Crippen LogP contribution is 2.30. The molecule has 2 atom stereocenters. The Hall–Kier alpha value is -0.960. The van der Waals surface area contributed by atoms with E-state index in [0.717, 1.165) is 6.42 Å². The van der Waals surface area contributed by atoms with Gasteiger partial charge in [0.1, 0.15) is 5.25 Å². The summed E-state index contributed by atoms with van der Waals surface area (Å²) in [5.74, 6) is 0.267. The van der Waals surface area contributed by atoms with Gasteiger partial charge in [-0.2, -0.15) is 0 Å². The number of hydrogen-bond acceptors (Lipinski definition) is 2. The van der Waals surface area contributed by atoms with E-state index in [2.05, 4.69) is 12.1 Å². The fourth-order valence-electron chi connectivity index (χ4n) is 2.01. The highest BCUT2D eigenvalue weighted by atomic mass is 32.2. The Morgan fingerprint density at radius 2 is 2.00 bits per heavy atom. The van der Waals surface area contributed by atoms with Crippen LogP contribution in [0.25, 0.3) is 0 Å². The Balaban J connectivity index is 2.04. The zero-order valence-electron chi connectivity index (χ0n) is 9.01. The van der Waals surface area contributed by atoms with Crippen molar-refractivity contribution in [1.29, 1.82) is 0 Å². The van der Waals surface area contributed by atoms with Crippen LogP contribution in [0.15, 0.2) is 30.3 Å². The lowest BCUT2D eigenvalue weighted by Crippen LogP contribution is -2.62. The Morgan fingerprint density at radius 1 is 1.33 bits per heavy atom. The number of β-lactam (4-membered cyclic amide) rings is 1. The Morgan fingerprint density at radius 3 is 2.60 bits per heavy atom. The van der Waals surface area contributed by atoms with Crippen molar-refractivity contribution in [2.75, 3.05) is 13.3 Å². The van der Waals surface area contributed by atoms with Crippen LogP contribution in [-0.2, 0) is 11.2 Å². The van der Waals surface area contributed by atoms with E-state index in [0.29, 0.717) is 6.04 Å². The van der Waals surface area contributed by atoms with Crippen molar-refractivity contribution in [2.45, 2.75) is 17.7 Å². The number of amides is 1. The monoisotopic (exact) mass is 221 g/mol. The first-order valence-electron chi connectivity index (χ1n) is 5.07. The molecule has 1 amide bonds. The van der Waals surface area contributed by atoms with Crippen molar-refractivity contribution in [1.82, 2.24) is 4.90 Å². The fraction of sp³-hybridized carbons (Fsp3) is 0.417. The number of carbonyl (C=O) groups is 1. The van der Waals surface area contributed by atoms with Gasteiger partial charge in [-0.25, -0.2) is 0 Å². The minimum atomic E-state index is 0.162. The molecule has 1 aromatic carbocycles. The summed E-state index contributed by atoms with van der Waals surface area (Å²) in [5, 5.41) is 0.162. The summed E-state index contributed by atoms with van der Waals surface area (Å²) in [4.78, 5) is 13.4. The maximum atomic E-state index is 11.5. The molecule has 0 spiro atoms. The van der Waals surface area contributed by atoms with E-state index in [-0.39, 0.29) is 11.2 Å². The smallest absolute Gasteiger partial charge is 0.237 e. The number of rotatable bonds is 3. The molecule has 0 saturated carbocycles. The Kier molecular flexibility index (Phi) is 3.00. The van der Waals surface area contributed by atoms with E-state index < -0.39 is 0 Å². The van der Waals surface area contributed by atoms with Crippen LogP contribution in [0.4, 0.5) is 0 Å². The molecule has 0 unspecified atom stereocenters. The molecule has 0 radical (unpaired) electrons. The number of carbonyl (C=O) groups excluding carboxylic acids is 1. The van der Waals surface area contributed by atoms with Gasteiger partial charge in [0.2, 0.25) is 5.91 Å².